The Morgan fingerprint density at radius 1 is 0.938 bits per heavy atom. The molecule has 0 aliphatic heterocycles. The van der Waals surface area contributed by atoms with Crippen molar-refractivity contribution in [2.24, 2.45) is 11.3 Å². The molecule has 0 aliphatic rings. The largest absolute Gasteiger partial charge is 0.385 e. The standard InChI is InChI=1S/C14H30O2/c1-12(2)13(3,4)8-11-16-14(5,6)9-10-15-7/h12H,8-11H2,1-7H3. The van der Waals surface area contributed by atoms with Gasteiger partial charge in [0.2, 0.25) is 0 Å². The molecule has 2 nitrogen and oxygen atoms in total. The van der Waals surface area contributed by atoms with Gasteiger partial charge in [0.1, 0.15) is 0 Å². The molecule has 0 aliphatic carbocycles. The molecule has 0 heterocycles. The molecule has 0 unspecified atom stereocenters. The van der Waals surface area contributed by atoms with Crippen molar-refractivity contribution in [1.29, 1.82) is 0 Å². The van der Waals surface area contributed by atoms with Gasteiger partial charge < -0.3 is 9.47 Å². The van der Waals surface area contributed by atoms with E-state index in [4.69, 9.17) is 9.47 Å². The lowest BCUT2D eigenvalue weighted by atomic mass is 9.78. The Morgan fingerprint density at radius 3 is 1.94 bits per heavy atom. The van der Waals surface area contributed by atoms with E-state index in [1.807, 2.05) is 0 Å². The van der Waals surface area contributed by atoms with E-state index in [1.165, 1.54) is 0 Å². The first-order chi connectivity index (χ1) is 7.21. The van der Waals surface area contributed by atoms with Gasteiger partial charge in [-0.15, -0.1) is 0 Å². The molecule has 0 bridgehead atoms. The van der Waals surface area contributed by atoms with Crippen molar-refractivity contribution in [2.45, 2.75) is 60.0 Å². The van der Waals surface area contributed by atoms with Gasteiger partial charge >= 0.3 is 0 Å². The van der Waals surface area contributed by atoms with Gasteiger partial charge in [0, 0.05) is 20.3 Å². The maximum absolute atomic E-state index is 5.94. The van der Waals surface area contributed by atoms with E-state index in [1.54, 1.807) is 7.11 Å². The fraction of sp³-hybridized carbons (Fsp3) is 1.00. The molecule has 0 fully saturated rings. The molecular weight excluding hydrogens is 200 g/mol. The van der Waals surface area contributed by atoms with E-state index in [9.17, 15) is 0 Å². The molecule has 16 heavy (non-hydrogen) atoms. The Bertz CT molecular complexity index is 183. The van der Waals surface area contributed by atoms with E-state index in [0.717, 1.165) is 26.1 Å². The molecular formula is C14H30O2. The minimum atomic E-state index is -0.0664. The van der Waals surface area contributed by atoms with Crippen LogP contribution in [-0.4, -0.2) is 25.9 Å². The van der Waals surface area contributed by atoms with Crippen molar-refractivity contribution in [2.75, 3.05) is 20.3 Å². The molecule has 0 aromatic carbocycles. The zero-order valence-corrected chi connectivity index (χ0v) is 12.2. The first-order valence-corrected chi connectivity index (χ1v) is 6.34. The molecule has 0 radical (unpaired) electrons. The lowest BCUT2D eigenvalue weighted by molar-refractivity contribution is -0.0488. The van der Waals surface area contributed by atoms with E-state index in [-0.39, 0.29) is 5.60 Å². The van der Waals surface area contributed by atoms with Crippen LogP contribution in [0, 0.1) is 11.3 Å². The topological polar surface area (TPSA) is 18.5 Å². The predicted octanol–water partition coefficient (Wildman–Crippen LogP) is 3.89. The predicted molar refractivity (Wildman–Crippen MR) is 69.8 cm³/mol. The maximum atomic E-state index is 5.94. The monoisotopic (exact) mass is 230 g/mol. The lowest BCUT2D eigenvalue weighted by Crippen LogP contribution is -2.29. The van der Waals surface area contributed by atoms with Crippen LogP contribution in [0.4, 0.5) is 0 Å². The molecule has 0 N–H and O–H groups in total. The van der Waals surface area contributed by atoms with Crippen LogP contribution in [0.5, 0.6) is 0 Å². The van der Waals surface area contributed by atoms with Gasteiger partial charge in [-0.1, -0.05) is 27.7 Å². The minimum absolute atomic E-state index is 0.0664. The fourth-order valence-corrected chi connectivity index (χ4v) is 1.30. The Morgan fingerprint density at radius 2 is 1.50 bits per heavy atom. The highest BCUT2D eigenvalue weighted by Crippen LogP contribution is 2.30. The second-order valence-corrected chi connectivity index (χ2v) is 6.24. The molecule has 0 aromatic rings. The van der Waals surface area contributed by atoms with Crippen LogP contribution in [0.2, 0.25) is 0 Å². The SMILES string of the molecule is COCCC(C)(C)OCCC(C)(C)C(C)C. The Kier molecular flexibility index (Phi) is 6.57. The third-order valence-electron chi connectivity index (χ3n) is 3.71. The van der Waals surface area contributed by atoms with Crippen molar-refractivity contribution in [1.82, 2.24) is 0 Å². The van der Waals surface area contributed by atoms with Gasteiger partial charge in [0.15, 0.2) is 0 Å². The first-order valence-electron chi connectivity index (χ1n) is 6.34. The molecule has 98 valence electrons. The summed E-state index contributed by atoms with van der Waals surface area (Å²) in [5, 5.41) is 0. The normalized spacial score (nSPS) is 13.5. The summed E-state index contributed by atoms with van der Waals surface area (Å²) in [6.07, 6.45) is 2.06. The fourth-order valence-electron chi connectivity index (χ4n) is 1.30. The van der Waals surface area contributed by atoms with Gasteiger partial charge in [-0.2, -0.15) is 0 Å². The highest BCUT2D eigenvalue weighted by atomic mass is 16.5. The second-order valence-electron chi connectivity index (χ2n) is 6.24. The average Bonchev–Trinajstić information content (AvgIpc) is 2.14. The summed E-state index contributed by atoms with van der Waals surface area (Å²) in [5.74, 6) is 0.693. The molecule has 0 aromatic heterocycles. The van der Waals surface area contributed by atoms with Crippen molar-refractivity contribution in [3.05, 3.63) is 0 Å². The highest BCUT2D eigenvalue weighted by molar-refractivity contribution is 4.74. The molecule has 0 rings (SSSR count). The van der Waals surface area contributed by atoms with Crippen LogP contribution >= 0.6 is 0 Å². The van der Waals surface area contributed by atoms with Gasteiger partial charge in [-0.25, -0.2) is 0 Å². The van der Waals surface area contributed by atoms with Crippen LogP contribution < -0.4 is 0 Å². The number of ether oxygens (including phenoxy) is 2. The Balaban J connectivity index is 3.88. The maximum Gasteiger partial charge on any atom is 0.0648 e. The van der Waals surface area contributed by atoms with Crippen molar-refractivity contribution < 1.29 is 9.47 Å². The van der Waals surface area contributed by atoms with Gasteiger partial charge in [0.25, 0.3) is 0 Å². The molecule has 0 amide bonds. The Hall–Kier alpha value is -0.0800. The van der Waals surface area contributed by atoms with Gasteiger partial charge in [-0.3, -0.25) is 0 Å². The summed E-state index contributed by atoms with van der Waals surface area (Å²) in [6.45, 7) is 15.0. The zero-order chi connectivity index (χ0) is 12.8. The zero-order valence-electron chi connectivity index (χ0n) is 12.2. The lowest BCUT2D eigenvalue weighted by Gasteiger charge is -2.32. The highest BCUT2D eigenvalue weighted by Gasteiger charge is 2.24. The number of rotatable bonds is 8. The number of hydrogen-bond donors (Lipinski definition) is 0. The summed E-state index contributed by atoms with van der Waals surface area (Å²) in [4.78, 5) is 0. The van der Waals surface area contributed by atoms with Crippen molar-refractivity contribution in [3.63, 3.8) is 0 Å². The quantitative estimate of drug-likeness (QED) is 0.630. The van der Waals surface area contributed by atoms with Crippen LogP contribution in [0.15, 0.2) is 0 Å². The third-order valence-corrected chi connectivity index (χ3v) is 3.71. The summed E-state index contributed by atoms with van der Waals surface area (Å²) in [6, 6.07) is 0. The minimum Gasteiger partial charge on any atom is -0.385 e. The summed E-state index contributed by atoms with van der Waals surface area (Å²) < 4.78 is 11.0. The second kappa shape index (κ2) is 6.61. The van der Waals surface area contributed by atoms with Crippen molar-refractivity contribution >= 4 is 0 Å². The first kappa shape index (κ1) is 15.9. The molecule has 0 atom stereocenters. The molecule has 0 spiro atoms. The van der Waals surface area contributed by atoms with E-state index < -0.39 is 0 Å². The smallest absolute Gasteiger partial charge is 0.0648 e. The van der Waals surface area contributed by atoms with Crippen LogP contribution in [0.1, 0.15) is 54.4 Å². The number of hydrogen-bond acceptors (Lipinski definition) is 2. The van der Waals surface area contributed by atoms with Crippen molar-refractivity contribution in [3.8, 4) is 0 Å². The van der Waals surface area contributed by atoms with E-state index in [0.29, 0.717) is 11.3 Å². The summed E-state index contributed by atoms with van der Waals surface area (Å²) in [5.41, 5.74) is 0.292. The van der Waals surface area contributed by atoms with E-state index >= 15 is 0 Å². The summed E-state index contributed by atoms with van der Waals surface area (Å²) in [7, 11) is 1.73. The van der Waals surface area contributed by atoms with Gasteiger partial charge in [0.05, 0.1) is 5.60 Å². The number of methoxy groups -OCH3 is 1. The molecule has 0 saturated heterocycles. The Labute approximate surface area is 102 Å². The van der Waals surface area contributed by atoms with Crippen LogP contribution in [-0.2, 0) is 9.47 Å². The molecule has 2 heteroatoms. The van der Waals surface area contributed by atoms with E-state index in [2.05, 4.69) is 41.5 Å². The summed E-state index contributed by atoms with van der Waals surface area (Å²) >= 11 is 0. The van der Waals surface area contributed by atoms with Crippen LogP contribution in [0.25, 0.3) is 0 Å². The average molecular weight is 230 g/mol. The molecule has 0 saturated carbocycles. The van der Waals surface area contributed by atoms with Crippen LogP contribution in [0.3, 0.4) is 0 Å². The third kappa shape index (κ3) is 6.49. The van der Waals surface area contributed by atoms with Gasteiger partial charge in [-0.05, 0) is 38.0 Å².